The van der Waals surface area contributed by atoms with Gasteiger partial charge in [-0.2, -0.15) is 5.26 Å². The van der Waals surface area contributed by atoms with E-state index in [1.165, 1.54) is 28.7 Å². The van der Waals surface area contributed by atoms with E-state index in [0.717, 1.165) is 28.0 Å². The monoisotopic (exact) mass is 612 g/mol. The van der Waals surface area contributed by atoms with Gasteiger partial charge in [-0.25, -0.2) is 0 Å². The van der Waals surface area contributed by atoms with Crippen molar-refractivity contribution in [2.75, 3.05) is 4.90 Å². The van der Waals surface area contributed by atoms with Crippen LogP contribution in [0.4, 0.5) is 11.4 Å². The summed E-state index contributed by atoms with van der Waals surface area (Å²) >= 11 is 8.36. The minimum atomic E-state index is -0.667. The molecule has 2 aliphatic rings. The van der Waals surface area contributed by atoms with Gasteiger partial charge in [-0.1, -0.05) is 61.3 Å². The lowest BCUT2D eigenvalue weighted by atomic mass is 9.68. The topological polar surface area (TPSA) is 113 Å². The van der Waals surface area contributed by atoms with Crippen LogP contribution in [0.3, 0.4) is 0 Å². The van der Waals surface area contributed by atoms with Crippen molar-refractivity contribution in [3.63, 3.8) is 0 Å². The predicted octanol–water partition coefficient (Wildman–Crippen LogP) is 8.41. The molecule has 3 aromatic rings. The number of Topliss-reactive ketones (excluding diaryl/α,β-unsaturated/α-hetero) is 1. The van der Waals surface area contributed by atoms with E-state index in [1.807, 2.05) is 45.9 Å². The van der Waals surface area contributed by atoms with Gasteiger partial charge >= 0.3 is 0 Å². The Morgan fingerprint density at radius 3 is 2.53 bits per heavy atom. The summed E-state index contributed by atoms with van der Waals surface area (Å²) in [5, 5.41) is 22.5. The average Bonchev–Trinajstić information content (AvgIpc) is 2.93. The molecule has 0 radical (unpaired) electrons. The molecule has 0 aromatic heterocycles. The largest absolute Gasteiger partial charge is 0.384 e. The highest BCUT2D eigenvalue weighted by atomic mass is 35.5. The van der Waals surface area contributed by atoms with Crippen molar-refractivity contribution in [1.82, 2.24) is 0 Å². The SMILES string of the molecule is Cc1cc(CSc2ccccc2C)c(C)c(C2C(C#N)=C(N)N(c3cc([N+](=O)[O-])ccc3Cl)C3=C2C(=O)CC(C)(C)C3)c1. The summed E-state index contributed by atoms with van der Waals surface area (Å²) in [6, 6.07) is 18.9. The van der Waals surface area contributed by atoms with Crippen molar-refractivity contribution >= 4 is 40.5 Å². The van der Waals surface area contributed by atoms with Crippen LogP contribution >= 0.6 is 23.4 Å². The minimum Gasteiger partial charge on any atom is -0.384 e. The van der Waals surface area contributed by atoms with Crippen LogP contribution in [-0.2, 0) is 10.5 Å². The Morgan fingerprint density at radius 2 is 1.86 bits per heavy atom. The lowest BCUT2D eigenvalue weighted by molar-refractivity contribution is -0.384. The Bertz CT molecular complexity index is 1790. The van der Waals surface area contributed by atoms with E-state index < -0.39 is 16.3 Å². The first-order chi connectivity index (χ1) is 20.3. The molecule has 0 amide bonds. The molecule has 1 unspecified atom stereocenters. The number of thioether (sulfide) groups is 1. The first-order valence-corrected chi connectivity index (χ1v) is 15.4. The van der Waals surface area contributed by atoms with E-state index in [9.17, 15) is 20.2 Å². The second-order valence-corrected chi connectivity index (χ2v) is 13.5. The number of ketones is 1. The van der Waals surface area contributed by atoms with E-state index in [1.54, 1.807) is 16.7 Å². The number of nitro benzene ring substituents is 1. The number of nitrogens with two attached hydrogens (primary N) is 1. The molecule has 0 bridgehead atoms. The highest BCUT2D eigenvalue weighted by Gasteiger charge is 2.45. The fraction of sp³-hybridized carbons (Fsp3) is 0.294. The summed E-state index contributed by atoms with van der Waals surface area (Å²) in [5.74, 6) is 0.108. The molecule has 1 heterocycles. The highest BCUT2D eigenvalue weighted by Crippen LogP contribution is 2.52. The number of aryl methyl sites for hydroxylation is 2. The molecule has 7 nitrogen and oxygen atoms in total. The van der Waals surface area contributed by atoms with Crippen molar-refractivity contribution in [2.45, 2.75) is 64.0 Å². The lowest BCUT2D eigenvalue weighted by Gasteiger charge is -2.44. The normalized spacial score (nSPS) is 18.0. The molecule has 1 aliphatic heterocycles. The third-order valence-corrected chi connectivity index (χ3v) is 9.79. The molecule has 9 heteroatoms. The van der Waals surface area contributed by atoms with Gasteiger partial charge in [0.05, 0.1) is 33.2 Å². The number of nitriles is 1. The summed E-state index contributed by atoms with van der Waals surface area (Å²) in [4.78, 5) is 28.0. The third kappa shape index (κ3) is 5.67. The Balaban J connectivity index is 1.71. The molecule has 43 heavy (non-hydrogen) atoms. The fourth-order valence-corrected chi connectivity index (χ4v) is 7.45. The van der Waals surface area contributed by atoms with Crippen LogP contribution in [0, 0.1) is 47.6 Å². The number of non-ortho nitro benzene ring substituents is 1. The first kappa shape index (κ1) is 30.4. The second-order valence-electron chi connectivity index (χ2n) is 12.1. The first-order valence-electron chi connectivity index (χ1n) is 14.0. The number of hydrogen-bond acceptors (Lipinski definition) is 7. The Hall–Kier alpha value is -4.06. The highest BCUT2D eigenvalue weighted by molar-refractivity contribution is 7.98. The van der Waals surface area contributed by atoms with Crippen molar-refractivity contribution in [2.24, 2.45) is 11.1 Å². The maximum atomic E-state index is 14.1. The summed E-state index contributed by atoms with van der Waals surface area (Å²) in [5.41, 5.74) is 13.1. The van der Waals surface area contributed by atoms with Crippen molar-refractivity contribution in [1.29, 1.82) is 5.26 Å². The summed E-state index contributed by atoms with van der Waals surface area (Å²) < 4.78 is 0. The van der Waals surface area contributed by atoms with Gasteiger partial charge in [0.1, 0.15) is 5.82 Å². The molecular weight excluding hydrogens is 580 g/mol. The molecule has 0 saturated heterocycles. The number of anilines is 1. The second kappa shape index (κ2) is 11.6. The van der Waals surface area contributed by atoms with Gasteiger partial charge in [-0.05, 0) is 67.0 Å². The molecule has 1 atom stereocenters. The molecule has 1 aliphatic carbocycles. The van der Waals surface area contributed by atoms with Gasteiger partial charge in [-0.3, -0.25) is 19.8 Å². The number of carbonyl (C=O) groups is 1. The summed E-state index contributed by atoms with van der Waals surface area (Å²) in [6.45, 7) is 10.2. The maximum absolute atomic E-state index is 14.1. The maximum Gasteiger partial charge on any atom is 0.271 e. The van der Waals surface area contributed by atoms with Crippen molar-refractivity contribution in [3.8, 4) is 6.07 Å². The Kier molecular flexibility index (Phi) is 8.17. The smallest absolute Gasteiger partial charge is 0.271 e. The van der Waals surface area contributed by atoms with Gasteiger partial charge < -0.3 is 5.73 Å². The number of nitro groups is 1. The summed E-state index contributed by atoms with van der Waals surface area (Å²) in [7, 11) is 0. The fourth-order valence-electron chi connectivity index (χ4n) is 6.17. The van der Waals surface area contributed by atoms with E-state index in [2.05, 4.69) is 31.2 Å². The number of carbonyl (C=O) groups excluding carboxylic acids is 1. The number of rotatable bonds is 6. The zero-order chi connectivity index (χ0) is 31.2. The molecule has 5 rings (SSSR count). The van der Waals surface area contributed by atoms with Gasteiger partial charge in [0.25, 0.3) is 5.69 Å². The van der Waals surface area contributed by atoms with Crippen LogP contribution in [0.2, 0.25) is 5.02 Å². The number of allylic oxidation sites excluding steroid dienone is 3. The molecule has 2 N–H and O–H groups in total. The van der Waals surface area contributed by atoms with E-state index >= 15 is 0 Å². The number of benzene rings is 3. The summed E-state index contributed by atoms with van der Waals surface area (Å²) in [6.07, 6.45) is 0.780. The van der Waals surface area contributed by atoms with Crippen LogP contribution in [0.15, 0.2) is 82.2 Å². The molecule has 3 aromatic carbocycles. The minimum absolute atomic E-state index is 0.0696. The third-order valence-electron chi connectivity index (χ3n) is 8.25. The average molecular weight is 613 g/mol. The molecule has 0 fully saturated rings. The number of halogens is 1. The van der Waals surface area contributed by atoms with Crippen molar-refractivity contribution in [3.05, 3.63) is 120 Å². The van der Waals surface area contributed by atoms with E-state index in [4.69, 9.17) is 17.3 Å². The number of nitrogens with zero attached hydrogens (tertiary/aromatic N) is 3. The number of hydrogen-bond donors (Lipinski definition) is 1. The predicted molar refractivity (Wildman–Crippen MR) is 172 cm³/mol. The van der Waals surface area contributed by atoms with Crippen molar-refractivity contribution < 1.29 is 9.72 Å². The molecule has 220 valence electrons. The van der Waals surface area contributed by atoms with E-state index in [-0.39, 0.29) is 33.6 Å². The zero-order valence-corrected chi connectivity index (χ0v) is 26.4. The molecular formula is C34H33ClN4O3S. The Labute approximate surface area is 261 Å². The quantitative estimate of drug-likeness (QED) is 0.169. The van der Waals surface area contributed by atoms with Gasteiger partial charge in [0.15, 0.2) is 5.78 Å². The van der Waals surface area contributed by atoms with Crippen LogP contribution in [0.25, 0.3) is 0 Å². The Morgan fingerprint density at radius 1 is 1.14 bits per heavy atom. The van der Waals surface area contributed by atoms with E-state index in [0.29, 0.717) is 24.1 Å². The molecule has 0 spiro atoms. The lowest BCUT2D eigenvalue weighted by Crippen LogP contribution is -2.42. The molecule has 0 saturated carbocycles. The standard InChI is InChI=1S/C34H33ClN4O3S/c1-19-12-22(18-43-30-9-7-6-8-20(30)2)21(3)24(13-19)31-25(17-36)33(37)38(27-14-23(39(41)42)10-11-26(27)35)28-15-34(4,5)16-29(40)32(28)31/h6-14,31H,15-16,18,37H2,1-5H3. The van der Waals surface area contributed by atoms with Crippen LogP contribution in [0.5, 0.6) is 0 Å². The van der Waals surface area contributed by atoms with Gasteiger partial charge in [-0.15, -0.1) is 11.8 Å². The van der Waals surface area contributed by atoms with Gasteiger partial charge in [0.2, 0.25) is 0 Å². The van der Waals surface area contributed by atoms with Crippen LogP contribution in [-0.4, -0.2) is 10.7 Å². The van der Waals surface area contributed by atoms with Crippen LogP contribution in [0.1, 0.15) is 60.4 Å². The van der Waals surface area contributed by atoms with Crippen LogP contribution < -0.4 is 10.6 Å². The zero-order valence-electron chi connectivity index (χ0n) is 24.8. The van der Waals surface area contributed by atoms with Gasteiger partial charge in [0, 0.05) is 40.5 Å².